The molecular formula is C17H12N4O. The van der Waals surface area contributed by atoms with Crippen LogP contribution in [0.5, 0.6) is 0 Å². The molecule has 0 atom stereocenters. The molecule has 1 heterocycles. The number of hydrogen-bond acceptors (Lipinski definition) is 4. The number of nitrogen functional groups attached to an aromatic ring is 1. The van der Waals surface area contributed by atoms with Gasteiger partial charge in [0.05, 0.1) is 11.4 Å². The van der Waals surface area contributed by atoms with Crippen LogP contribution in [0.4, 0.5) is 5.82 Å². The van der Waals surface area contributed by atoms with Gasteiger partial charge in [-0.2, -0.15) is 10.2 Å². The first kappa shape index (κ1) is 13.6. The summed E-state index contributed by atoms with van der Waals surface area (Å²) in [5.74, 6) is 0.0903. The van der Waals surface area contributed by atoms with Crippen molar-refractivity contribution >= 4 is 5.82 Å². The van der Waals surface area contributed by atoms with E-state index in [2.05, 4.69) is 11.1 Å². The molecule has 2 N–H and O–H groups in total. The van der Waals surface area contributed by atoms with Crippen LogP contribution in [0.3, 0.4) is 0 Å². The number of hydrogen-bond donors (Lipinski definition) is 1. The van der Waals surface area contributed by atoms with Crippen molar-refractivity contribution in [1.82, 2.24) is 9.55 Å². The SMILES string of the molecule is N#Cc1c(-c2ccccc2)nc(=O)n(-c2ccccc2)c1N. The molecule has 1 aromatic heterocycles. The van der Waals surface area contributed by atoms with E-state index in [-0.39, 0.29) is 11.4 Å². The molecule has 0 unspecified atom stereocenters. The Morgan fingerprint density at radius 3 is 2.18 bits per heavy atom. The molecule has 0 saturated heterocycles. The third-order valence-electron chi connectivity index (χ3n) is 3.31. The van der Waals surface area contributed by atoms with Crippen molar-refractivity contribution in [3.8, 4) is 23.0 Å². The first-order valence-electron chi connectivity index (χ1n) is 6.66. The smallest absolute Gasteiger partial charge is 0.354 e. The topological polar surface area (TPSA) is 84.7 Å². The first-order chi connectivity index (χ1) is 10.7. The van der Waals surface area contributed by atoms with Crippen molar-refractivity contribution in [1.29, 1.82) is 5.26 Å². The Labute approximate surface area is 126 Å². The van der Waals surface area contributed by atoms with E-state index in [0.29, 0.717) is 16.9 Å². The lowest BCUT2D eigenvalue weighted by Crippen LogP contribution is -2.26. The van der Waals surface area contributed by atoms with E-state index in [1.54, 1.807) is 36.4 Å². The molecule has 0 aliphatic rings. The fourth-order valence-electron chi connectivity index (χ4n) is 2.28. The highest BCUT2D eigenvalue weighted by Gasteiger charge is 2.17. The zero-order valence-electron chi connectivity index (χ0n) is 11.6. The van der Waals surface area contributed by atoms with Crippen molar-refractivity contribution in [2.75, 3.05) is 5.73 Å². The maximum atomic E-state index is 12.4. The van der Waals surface area contributed by atoms with Gasteiger partial charge < -0.3 is 5.73 Å². The molecule has 0 amide bonds. The summed E-state index contributed by atoms with van der Waals surface area (Å²) in [7, 11) is 0. The number of rotatable bonds is 2. The lowest BCUT2D eigenvalue weighted by molar-refractivity contribution is 0.926. The first-order valence-corrected chi connectivity index (χ1v) is 6.66. The van der Waals surface area contributed by atoms with E-state index in [1.807, 2.05) is 24.3 Å². The van der Waals surface area contributed by atoms with Gasteiger partial charge in [-0.25, -0.2) is 9.36 Å². The Morgan fingerprint density at radius 2 is 1.59 bits per heavy atom. The van der Waals surface area contributed by atoms with Gasteiger partial charge in [0.2, 0.25) is 0 Å². The second kappa shape index (κ2) is 5.54. The number of para-hydroxylation sites is 1. The molecule has 0 spiro atoms. The molecule has 0 aliphatic carbocycles. The van der Waals surface area contributed by atoms with Crippen molar-refractivity contribution in [3.05, 3.63) is 76.7 Å². The van der Waals surface area contributed by atoms with E-state index in [4.69, 9.17) is 5.73 Å². The van der Waals surface area contributed by atoms with Crippen LogP contribution in [-0.2, 0) is 0 Å². The van der Waals surface area contributed by atoms with E-state index in [9.17, 15) is 10.1 Å². The van der Waals surface area contributed by atoms with E-state index < -0.39 is 5.69 Å². The van der Waals surface area contributed by atoms with E-state index >= 15 is 0 Å². The summed E-state index contributed by atoms with van der Waals surface area (Å²) in [6.07, 6.45) is 0. The molecule has 0 fully saturated rings. The summed E-state index contributed by atoms with van der Waals surface area (Å²) in [6, 6.07) is 20.0. The van der Waals surface area contributed by atoms with Gasteiger partial charge >= 0.3 is 5.69 Å². The Kier molecular flexibility index (Phi) is 3.42. The highest BCUT2D eigenvalue weighted by molar-refractivity contribution is 5.72. The average molecular weight is 288 g/mol. The molecule has 3 aromatic rings. The van der Waals surface area contributed by atoms with Gasteiger partial charge in [-0.15, -0.1) is 0 Å². The molecule has 3 rings (SSSR count). The summed E-state index contributed by atoms with van der Waals surface area (Å²) in [5.41, 5.74) is 7.31. The standard InChI is InChI=1S/C17H12N4O/c18-11-14-15(12-7-3-1-4-8-12)20-17(22)21(16(14)19)13-9-5-2-6-10-13/h1-10H,19H2. The molecule has 5 heteroatoms. The van der Waals surface area contributed by atoms with Crippen LogP contribution in [0.1, 0.15) is 5.56 Å². The van der Waals surface area contributed by atoms with Crippen LogP contribution >= 0.6 is 0 Å². The van der Waals surface area contributed by atoms with Crippen LogP contribution in [0, 0.1) is 11.3 Å². The van der Waals surface area contributed by atoms with Crippen molar-refractivity contribution in [2.45, 2.75) is 0 Å². The highest BCUT2D eigenvalue weighted by atomic mass is 16.1. The number of nitrogens with zero attached hydrogens (tertiary/aromatic N) is 3. The second-order valence-corrected chi connectivity index (χ2v) is 4.65. The van der Waals surface area contributed by atoms with Crippen LogP contribution in [-0.4, -0.2) is 9.55 Å². The molecule has 0 radical (unpaired) electrons. The van der Waals surface area contributed by atoms with Crippen LogP contribution in [0.2, 0.25) is 0 Å². The number of nitriles is 1. The molecule has 22 heavy (non-hydrogen) atoms. The molecule has 0 bridgehead atoms. The second-order valence-electron chi connectivity index (χ2n) is 4.65. The zero-order chi connectivity index (χ0) is 15.5. The minimum atomic E-state index is -0.512. The Morgan fingerprint density at radius 1 is 1.00 bits per heavy atom. The number of anilines is 1. The van der Waals surface area contributed by atoms with Gasteiger partial charge in [-0.1, -0.05) is 48.5 Å². The quantitative estimate of drug-likeness (QED) is 0.784. The van der Waals surface area contributed by atoms with Gasteiger partial charge in [-0.05, 0) is 12.1 Å². The van der Waals surface area contributed by atoms with Crippen molar-refractivity contribution in [3.63, 3.8) is 0 Å². The minimum Gasteiger partial charge on any atom is -0.384 e. The summed E-state index contributed by atoms with van der Waals surface area (Å²) in [5, 5.41) is 9.44. The zero-order valence-corrected chi connectivity index (χ0v) is 11.6. The Bertz CT molecular complexity index is 909. The fraction of sp³-hybridized carbons (Fsp3) is 0. The van der Waals surface area contributed by atoms with Gasteiger partial charge in [0.25, 0.3) is 0 Å². The largest absolute Gasteiger partial charge is 0.384 e. The van der Waals surface area contributed by atoms with Gasteiger partial charge in [0.15, 0.2) is 0 Å². The molecule has 0 saturated carbocycles. The molecule has 2 aromatic carbocycles. The summed E-state index contributed by atoms with van der Waals surface area (Å²) in [4.78, 5) is 16.4. The van der Waals surface area contributed by atoms with Gasteiger partial charge in [-0.3, -0.25) is 0 Å². The van der Waals surface area contributed by atoms with Gasteiger partial charge in [0, 0.05) is 5.56 Å². The number of nitrogens with two attached hydrogens (primary N) is 1. The monoisotopic (exact) mass is 288 g/mol. The fourth-order valence-corrected chi connectivity index (χ4v) is 2.28. The minimum absolute atomic E-state index is 0.0903. The Balaban J connectivity index is 2.31. The van der Waals surface area contributed by atoms with E-state index in [1.165, 1.54) is 4.57 Å². The van der Waals surface area contributed by atoms with Crippen LogP contribution in [0.15, 0.2) is 65.5 Å². The lowest BCUT2D eigenvalue weighted by atomic mass is 10.1. The lowest BCUT2D eigenvalue weighted by Gasteiger charge is -2.12. The summed E-state index contributed by atoms with van der Waals surface area (Å²) >= 11 is 0. The third-order valence-corrected chi connectivity index (χ3v) is 3.31. The van der Waals surface area contributed by atoms with Crippen LogP contribution in [0.25, 0.3) is 16.9 Å². The third kappa shape index (κ3) is 2.23. The average Bonchev–Trinajstić information content (AvgIpc) is 2.56. The van der Waals surface area contributed by atoms with Crippen molar-refractivity contribution < 1.29 is 0 Å². The Hall–Kier alpha value is -3.39. The van der Waals surface area contributed by atoms with Crippen molar-refractivity contribution in [2.24, 2.45) is 0 Å². The summed E-state index contributed by atoms with van der Waals surface area (Å²) < 4.78 is 1.24. The maximum Gasteiger partial charge on any atom is 0.354 e. The number of benzene rings is 2. The van der Waals surface area contributed by atoms with Crippen LogP contribution < -0.4 is 11.4 Å². The predicted molar refractivity (Wildman–Crippen MR) is 84.4 cm³/mol. The molecule has 106 valence electrons. The number of aromatic nitrogens is 2. The summed E-state index contributed by atoms with van der Waals surface area (Å²) in [6.45, 7) is 0. The predicted octanol–water partition coefficient (Wildman–Crippen LogP) is 2.35. The maximum absolute atomic E-state index is 12.4. The van der Waals surface area contributed by atoms with Gasteiger partial charge in [0.1, 0.15) is 17.5 Å². The van der Waals surface area contributed by atoms with E-state index in [0.717, 1.165) is 0 Å². The molecule has 0 aliphatic heterocycles. The normalized spacial score (nSPS) is 10.1. The molecule has 5 nitrogen and oxygen atoms in total. The molecular weight excluding hydrogens is 276 g/mol. The highest BCUT2D eigenvalue weighted by Crippen LogP contribution is 2.24.